The second-order valence-electron chi connectivity index (χ2n) is 9.69. The van der Waals surface area contributed by atoms with Gasteiger partial charge < -0.3 is 29.7 Å². The third-order valence-corrected chi connectivity index (χ3v) is 7.43. The summed E-state index contributed by atoms with van der Waals surface area (Å²) in [5, 5.41) is 13.6. The average Bonchev–Trinajstić information content (AvgIpc) is 3.33. The SMILES string of the molecule is COc1cc2c(Nc3cccc(Cl)c3F)ncnc2cc1OC1CCN(C(=O)[C@@H]2C[C@@H](O)CN2C(C)=O)CC1. The summed E-state index contributed by atoms with van der Waals surface area (Å²) in [5.41, 5.74) is 0.754. The van der Waals surface area contributed by atoms with Crippen LogP contribution >= 0.6 is 11.6 Å². The Kier molecular flexibility index (Phi) is 7.72. The van der Waals surface area contributed by atoms with Crippen molar-refractivity contribution in [3.63, 3.8) is 0 Å². The van der Waals surface area contributed by atoms with E-state index >= 15 is 0 Å². The number of likely N-dealkylation sites (tertiary alicyclic amines) is 2. The van der Waals surface area contributed by atoms with E-state index < -0.39 is 18.0 Å². The number of piperidine rings is 1. The van der Waals surface area contributed by atoms with E-state index in [1.165, 1.54) is 31.3 Å². The molecule has 2 aliphatic heterocycles. The topological polar surface area (TPSA) is 117 Å². The molecule has 0 saturated carbocycles. The molecule has 0 spiro atoms. The molecule has 2 atom stereocenters. The van der Waals surface area contributed by atoms with Crippen LogP contribution in [0.4, 0.5) is 15.9 Å². The van der Waals surface area contributed by atoms with Gasteiger partial charge in [-0.05, 0) is 18.2 Å². The molecule has 39 heavy (non-hydrogen) atoms. The number of anilines is 2. The zero-order valence-electron chi connectivity index (χ0n) is 21.6. The minimum Gasteiger partial charge on any atom is -0.493 e. The highest BCUT2D eigenvalue weighted by molar-refractivity contribution is 6.31. The van der Waals surface area contributed by atoms with E-state index in [1.807, 2.05) is 0 Å². The van der Waals surface area contributed by atoms with Gasteiger partial charge in [0.25, 0.3) is 0 Å². The Bertz CT molecular complexity index is 1400. The van der Waals surface area contributed by atoms with Crippen LogP contribution in [0.2, 0.25) is 5.02 Å². The molecule has 2 saturated heterocycles. The van der Waals surface area contributed by atoms with Gasteiger partial charge in [0.05, 0.1) is 29.4 Å². The second kappa shape index (κ2) is 11.2. The van der Waals surface area contributed by atoms with Crippen molar-refractivity contribution in [1.82, 2.24) is 19.8 Å². The van der Waals surface area contributed by atoms with Crippen LogP contribution in [-0.2, 0) is 9.59 Å². The molecular formula is C27H29ClFN5O5. The van der Waals surface area contributed by atoms with E-state index in [1.54, 1.807) is 29.2 Å². The van der Waals surface area contributed by atoms with Crippen molar-refractivity contribution in [2.45, 2.75) is 44.4 Å². The molecule has 2 aliphatic rings. The smallest absolute Gasteiger partial charge is 0.245 e. The fourth-order valence-corrected chi connectivity index (χ4v) is 5.30. The molecule has 206 valence electrons. The maximum atomic E-state index is 14.5. The first-order chi connectivity index (χ1) is 18.7. The van der Waals surface area contributed by atoms with Crippen molar-refractivity contribution in [3.8, 4) is 11.5 Å². The van der Waals surface area contributed by atoms with E-state index in [-0.39, 0.29) is 41.6 Å². The van der Waals surface area contributed by atoms with Crippen LogP contribution in [0.3, 0.4) is 0 Å². The average molecular weight is 558 g/mol. The number of aliphatic hydroxyl groups is 1. The fourth-order valence-electron chi connectivity index (χ4n) is 5.12. The van der Waals surface area contributed by atoms with Gasteiger partial charge in [-0.3, -0.25) is 9.59 Å². The number of carbonyl (C=O) groups excluding carboxylic acids is 2. The minimum atomic E-state index is -0.687. The lowest BCUT2D eigenvalue weighted by atomic mass is 10.1. The van der Waals surface area contributed by atoms with Gasteiger partial charge in [-0.2, -0.15) is 0 Å². The van der Waals surface area contributed by atoms with E-state index in [4.69, 9.17) is 21.1 Å². The van der Waals surface area contributed by atoms with E-state index in [9.17, 15) is 19.1 Å². The first kappa shape index (κ1) is 26.9. The van der Waals surface area contributed by atoms with E-state index in [2.05, 4.69) is 15.3 Å². The molecule has 2 amide bonds. The Labute approximate surface area is 229 Å². The van der Waals surface area contributed by atoms with Crippen LogP contribution in [-0.4, -0.2) is 81.7 Å². The number of aromatic nitrogens is 2. The van der Waals surface area contributed by atoms with Crippen molar-refractivity contribution in [2.24, 2.45) is 0 Å². The number of aliphatic hydroxyl groups excluding tert-OH is 1. The Hall–Kier alpha value is -3.70. The molecule has 1 aromatic heterocycles. The Morgan fingerprint density at radius 1 is 1.18 bits per heavy atom. The number of hydrogen-bond donors (Lipinski definition) is 2. The summed E-state index contributed by atoms with van der Waals surface area (Å²) in [6.45, 7) is 2.54. The van der Waals surface area contributed by atoms with Crippen LogP contribution in [0.25, 0.3) is 10.9 Å². The van der Waals surface area contributed by atoms with Crippen molar-refractivity contribution < 1.29 is 28.6 Å². The van der Waals surface area contributed by atoms with Gasteiger partial charge in [0.15, 0.2) is 17.3 Å². The van der Waals surface area contributed by atoms with Crippen molar-refractivity contribution in [2.75, 3.05) is 32.1 Å². The first-order valence-corrected chi connectivity index (χ1v) is 13.1. The predicted molar refractivity (Wildman–Crippen MR) is 143 cm³/mol. The zero-order valence-corrected chi connectivity index (χ0v) is 22.3. The molecule has 3 heterocycles. The number of carbonyl (C=O) groups is 2. The van der Waals surface area contributed by atoms with Crippen molar-refractivity contribution in [1.29, 1.82) is 0 Å². The standard InChI is InChI=1S/C27H29ClFN5O5/c1-15(35)34-13-16(36)10-22(34)27(37)33-8-6-17(7-9-33)39-24-12-21-18(11-23(24)38-2)26(31-14-30-21)32-20-5-3-4-19(28)25(20)29/h3-5,11-12,14,16-17,22,36H,6-10,13H2,1-2H3,(H,30,31,32)/t16-,22+/m1/s1. The summed E-state index contributed by atoms with van der Waals surface area (Å²) >= 11 is 5.91. The molecular weight excluding hydrogens is 529 g/mol. The molecule has 0 bridgehead atoms. The molecule has 0 aliphatic carbocycles. The number of ether oxygens (including phenoxy) is 2. The number of hydrogen-bond acceptors (Lipinski definition) is 8. The highest BCUT2D eigenvalue weighted by Crippen LogP contribution is 2.37. The monoisotopic (exact) mass is 557 g/mol. The van der Waals surface area contributed by atoms with Crippen LogP contribution in [0, 0.1) is 5.82 Å². The normalized spacial score (nSPS) is 19.8. The highest BCUT2D eigenvalue weighted by Gasteiger charge is 2.40. The Balaban J connectivity index is 1.29. The lowest BCUT2D eigenvalue weighted by Crippen LogP contribution is -2.50. The zero-order chi connectivity index (χ0) is 27.7. The molecule has 0 radical (unpaired) electrons. The summed E-state index contributed by atoms with van der Waals surface area (Å²) < 4.78 is 26.3. The predicted octanol–water partition coefficient (Wildman–Crippen LogP) is 3.53. The number of methoxy groups -OCH3 is 1. The Morgan fingerprint density at radius 3 is 2.67 bits per heavy atom. The summed E-state index contributed by atoms with van der Waals surface area (Å²) in [4.78, 5) is 36.8. The number of nitrogens with one attached hydrogen (secondary N) is 1. The van der Waals surface area contributed by atoms with E-state index in [0.717, 1.165) is 0 Å². The fraction of sp³-hybridized carbons (Fsp3) is 0.407. The summed E-state index contributed by atoms with van der Waals surface area (Å²) in [6.07, 6.45) is 1.95. The number of fused-ring (bicyclic) bond motifs is 1. The van der Waals surface area contributed by atoms with Crippen LogP contribution in [0.5, 0.6) is 11.5 Å². The summed E-state index contributed by atoms with van der Waals surface area (Å²) in [6, 6.07) is 7.52. The van der Waals surface area contributed by atoms with Crippen LogP contribution < -0.4 is 14.8 Å². The third-order valence-electron chi connectivity index (χ3n) is 7.14. The second-order valence-corrected chi connectivity index (χ2v) is 10.1. The van der Waals surface area contributed by atoms with Gasteiger partial charge >= 0.3 is 0 Å². The molecule has 3 aromatic rings. The number of nitrogens with zero attached hydrogens (tertiary/aromatic N) is 4. The van der Waals surface area contributed by atoms with Crippen LogP contribution in [0.15, 0.2) is 36.7 Å². The molecule has 2 aromatic carbocycles. The van der Waals surface area contributed by atoms with Crippen molar-refractivity contribution >= 4 is 45.8 Å². The number of halogens is 2. The summed E-state index contributed by atoms with van der Waals surface area (Å²) in [7, 11) is 1.53. The molecule has 2 N–H and O–H groups in total. The lowest BCUT2D eigenvalue weighted by molar-refractivity contribution is -0.144. The molecule has 10 nitrogen and oxygen atoms in total. The number of β-amino-alcohol motifs (C(OH)–C–C–N with tert-alkyl or cyclic N) is 1. The number of benzene rings is 2. The van der Waals surface area contributed by atoms with Gasteiger partial charge in [0.1, 0.15) is 24.3 Å². The van der Waals surface area contributed by atoms with Gasteiger partial charge in [-0.15, -0.1) is 0 Å². The Morgan fingerprint density at radius 2 is 1.95 bits per heavy atom. The summed E-state index contributed by atoms with van der Waals surface area (Å²) in [5.74, 6) is 0.399. The maximum Gasteiger partial charge on any atom is 0.245 e. The quantitative estimate of drug-likeness (QED) is 0.473. The number of amides is 2. The minimum absolute atomic E-state index is 0.00334. The van der Waals surface area contributed by atoms with E-state index in [0.29, 0.717) is 54.2 Å². The van der Waals surface area contributed by atoms with Gasteiger partial charge in [-0.1, -0.05) is 17.7 Å². The molecule has 2 fully saturated rings. The lowest BCUT2D eigenvalue weighted by Gasteiger charge is -2.35. The molecule has 0 unspecified atom stereocenters. The molecule has 12 heteroatoms. The van der Waals surface area contributed by atoms with Crippen LogP contribution in [0.1, 0.15) is 26.2 Å². The highest BCUT2D eigenvalue weighted by atomic mass is 35.5. The van der Waals surface area contributed by atoms with Gasteiger partial charge in [0, 0.05) is 57.3 Å². The molecule has 5 rings (SSSR count). The third kappa shape index (κ3) is 5.55. The maximum absolute atomic E-state index is 14.5. The largest absolute Gasteiger partial charge is 0.493 e. The first-order valence-electron chi connectivity index (χ1n) is 12.7. The van der Waals surface area contributed by atoms with Gasteiger partial charge in [-0.25, -0.2) is 14.4 Å². The van der Waals surface area contributed by atoms with Crippen molar-refractivity contribution in [3.05, 3.63) is 47.5 Å². The number of rotatable bonds is 6. The van der Waals surface area contributed by atoms with Gasteiger partial charge in [0.2, 0.25) is 11.8 Å².